The molecule has 1 atom stereocenters. The molecule has 9 nitrogen and oxygen atoms in total. The predicted octanol–water partition coefficient (Wildman–Crippen LogP) is 3.75. The highest BCUT2D eigenvalue weighted by Crippen LogP contribution is 2.38. The Kier molecular flexibility index (Phi) is 8.52. The molecule has 2 aliphatic rings. The van der Waals surface area contributed by atoms with Crippen LogP contribution in [0.2, 0.25) is 0 Å². The summed E-state index contributed by atoms with van der Waals surface area (Å²) in [6.45, 7) is 9.22. The molecular weight excluding hydrogens is 560 g/mol. The lowest BCUT2D eigenvalue weighted by Gasteiger charge is -2.47. The monoisotopic (exact) mass is 594 g/mol. The second-order valence-electron chi connectivity index (χ2n) is 12.0. The zero-order valence-corrected chi connectivity index (χ0v) is 24.2. The molecule has 13 heteroatoms. The van der Waals surface area contributed by atoms with E-state index in [-0.39, 0.29) is 64.6 Å². The van der Waals surface area contributed by atoms with Gasteiger partial charge in [-0.3, -0.25) is 14.4 Å². The van der Waals surface area contributed by atoms with Crippen molar-refractivity contribution in [2.24, 2.45) is 5.41 Å². The molecule has 1 aromatic carbocycles. The van der Waals surface area contributed by atoms with Crippen molar-refractivity contribution < 1.29 is 36.8 Å². The van der Waals surface area contributed by atoms with Crippen molar-refractivity contribution in [2.75, 3.05) is 13.1 Å². The molecule has 1 aliphatic carbocycles. The lowest BCUT2D eigenvalue weighted by atomic mass is 9.75. The number of carbonyl (C=O) groups excluding carboxylic acids is 3. The van der Waals surface area contributed by atoms with E-state index in [2.05, 4.69) is 23.8 Å². The summed E-state index contributed by atoms with van der Waals surface area (Å²) in [7, 11) is 0. The van der Waals surface area contributed by atoms with Crippen LogP contribution >= 0.6 is 0 Å². The Bertz CT molecular complexity index is 1460. The molecule has 4 rings (SSSR count). The standard InChI is InChI=1S/C29H34F4N4O5/c1-16-14-35(15-24(38)36(16)20-8-10-28(4,5)11-9-20)26(40)21-12-19(6-7-22(21)30)13-23-17(2)18(3)25(39)37(34-23)42-27(41)29(31,32)33/h6-7,12,16,20H,8-11,13-15H2,1-5H3. The summed E-state index contributed by atoms with van der Waals surface area (Å²) in [6, 6.07) is 3.60. The number of amides is 2. The Labute approximate surface area is 240 Å². The zero-order chi connectivity index (χ0) is 31.1. The number of hydrogen-bond donors (Lipinski definition) is 0. The van der Waals surface area contributed by atoms with Gasteiger partial charge >= 0.3 is 17.7 Å². The second kappa shape index (κ2) is 11.5. The summed E-state index contributed by atoms with van der Waals surface area (Å²) in [5, 5.41) is 3.77. The molecule has 1 aromatic heterocycles. The number of aromatic nitrogens is 2. The Hall–Kier alpha value is -3.77. The largest absolute Gasteiger partial charge is 0.493 e. The number of piperazine rings is 1. The summed E-state index contributed by atoms with van der Waals surface area (Å²) in [6.07, 6.45) is -1.66. The molecule has 0 radical (unpaired) electrons. The fourth-order valence-electron chi connectivity index (χ4n) is 5.66. The fraction of sp³-hybridized carbons (Fsp3) is 0.552. The van der Waals surface area contributed by atoms with Crippen LogP contribution in [0.3, 0.4) is 0 Å². The first-order valence-corrected chi connectivity index (χ1v) is 13.8. The molecule has 0 spiro atoms. The molecule has 1 unspecified atom stereocenters. The molecular formula is C29H34F4N4O5. The van der Waals surface area contributed by atoms with Gasteiger partial charge in [0.05, 0.1) is 11.3 Å². The van der Waals surface area contributed by atoms with E-state index >= 15 is 0 Å². The second-order valence-corrected chi connectivity index (χ2v) is 12.0. The Morgan fingerprint density at radius 2 is 1.74 bits per heavy atom. The van der Waals surface area contributed by atoms with Crippen LogP contribution in [0.25, 0.3) is 0 Å². The van der Waals surface area contributed by atoms with Gasteiger partial charge in [-0.25, -0.2) is 9.18 Å². The molecule has 2 aromatic rings. The van der Waals surface area contributed by atoms with Crippen LogP contribution in [0, 0.1) is 25.1 Å². The van der Waals surface area contributed by atoms with E-state index in [1.165, 1.54) is 30.9 Å². The Balaban J connectivity index is 1.53. The SMILES string of the molecule is Cc1c(Cc2ccc(F)c(C(=O)N3CC(=O)N(C4CCC(C)(C)CC4)C(C)C3)c2)nn(OC(=O)C(F)(F)F)c(=O)c1C. The van der Waals surface area contributed by atoms with E-state index in [4.69, 9.17) is 0 Å². The molecule has 1 saturated carbocycles. The molecule has 1 saturated heterocycles. The quantitative estimate of drug-likeness (QED) is 0.489. The van der Waals surface area contributed by atoms with Crippen molar-refractivity contribution in [3.8, 4) is 0 Å². The van der Waals surface area contributed by atoms with Gasteiger partial charge in [-0.2, -0.15) is 13.2 Å². The molecule has 1 aliphatic heterocycles. The molecule has 2 heterocycles. The van der Waals surface area contributed by atoms with Gasteiger partial charge in [-0.05, 0) is 80.0 Å². The molecule has 2 fully saturated rings. The van der Waals surface area contributed by atoms with Gasteiger partial charge in [0.1, 0.15) is 12.4 Å². The summed E-state index contributed by atoms with van der Waals surface area (Å²) in [5.74, 6) is -4.26. The van der Waals surface area contributed by atoms with Crippen LogP contribution in [-0.4, -0.2) is 68.9 Å². The maximum absolute atomic E-state index is 14.9. The molecule has 0 bridgehead atoms. The number of nitrogens with zero attached hydrogens (tertiary/aromatic N) is 4. The van der Waals surface area contributed by atoms with Crippen molar-refractivity contribution >= 4 is 17.8 Å². The van der Waals surface area contributed by atoms with E-state index in [0.717, 1.165) is 31.7 Å². The van der Waals surface area contributed by atoms with E-state index in [1.807, 2.05) is 11.8 Å². The predicted molar refractivity (Wildman–Crippen MR) is 143 cm³/mol. The van der Waals surface area contributed by atoms with Crippen LogP contribution in [0.1, 0.15) is 79.2 Å². The first-order chi connectivity index (χ1) is 19.5. The highest BCUT2D eigenvalue weighted by molar-refractivity contribution is 5.97. The van der Waals surface area contributed by atoms with Gasteiger partial charge in [-0.15, -0.1) is 5.10 Å². The van der Waals surface area contributed by atoms with Crippen LogP contribution in [0.5, 0.6) is 0 Å². The lowest BCUT2D eigenvalue weighted by Crippen LogP contribution is -2.60. The van der Waals surface area contributed by atoms with Crippen LogP contribution in [0.4, 0.5) is 17.6 Å². The summed E-state index contributed by atoms with van der Waals surface area (Å²) in [5.41, 5.74) is -0.297. The van der Waals surface area contributed by atoms with Gasteiger partial charge in [0.25, 0.3) is 5.91 Å². The van der Waals surface area contributed by atoms with Crippen molar-refractivity contribution in [2.45, 2.75) is 85.0 Å². The third kappa shape index (κ3) is 6.49. The highest BCUT2D eigenvalue weighted by Gasteiger charge is 2.43. The lowest BCUT2D eigenvalue weighted by molar-refractivity contribution is -0.202. The van der Waals surface area contributed by atoms with Crippen LogP contribution in [-0.2, 0) is 16.0 Å². The van der Waals surface area contributed by atoms with Crippen molar-refractivity contribution in [1.29, 1.82) is 0 Å². The normalized spacial score (nSPS) is 19.6. The maximum atomic E-state index is 14.9. The smallest absolute Gasteiger partial charge is 0.334 e. The fourth-order valence-corrected chi connectivity index (χ4v) is 5.66. The number of rotatable bonds is 5. The minimum Gasteiger partial charge on any atom is -0.334 e. The molecule has 2 amide bonds. The van der Waals surface area contributed by atoms with Gasteiger partial charge in [0.15, 0.2) is 0 Å². The number of benzene rings is 1. The highest BCUT2D eigenvalue weighted by atomic mass is 19.4. The summed E-state index contributed by atoms with van der Waals surface area (Å²) >= 11 is 0. The average molecular weight is 595 g/mol. The number of carbonyl (C=O) groups is 3. The zero-order valence-electron chi connectivity index (χ0n) is 24.2. The molecule has 0 N–H and O–H groups in total. The van der Waals surface area contributed by atoms with E-state index < -0.39 is 29.4 Å². The van der Waals surface area contributed by atoms with Gasteiger partial charge < -0.3 is 14.6 Å². The minimum absolute atomic E-state index is 0.000265. The van der Waals surface area contributed by atoms with Crippen molar-refractivity contribution in [3.05, 3.63) is 62.3 Å². The first-order valence-electron chi connectivity index (χ1n) is 13.8. The minimum atomic E-state index is -5.34. The van der Waals surface area contributed by atoms with Gasteiger partial charge in [-0.1, -0.05) is 19.9 Å². The maximum Gasteiger partial charge on any atom is 0.493 e. The first kappa shape index (κ1) is 31.2. The van der Waals surface area contributed by atoms with Crippen molar-refractivity contribution in [3.63, 3.8) is 0 Å². The number of halogens is 4. The Morgan fingerprint density at radius 3 is 2.33 bits per heavy atom. The topological polar surface area (TPSA) is 102 Å². The number of alkyl halides is 3. The third-order valence-corrected chi connectivity index (χ3v) is 8.30. The van der Waals surface area contributed by atoms with Gasteiger partial charge in [0, 0.05) is 30.6 Å². The molecule has 228 valence electrons. The summed E-state index contributed by atoms with van der Waals surface area (Å²) in [4.78, 5) is 57.5. The number of hydrogen-bond acceptors (Lipinski definition) is 6. The van der Waals surface area contributed by atoms with Crippen molar-refractivity contribution in [1.82, 2.24) is 19.7 Å². The third-order valence-electron chi connectivity index (χ3n) is 8.30. The van der Waals surface area contributed by atoms with Gasteiger partial charge in [0.2, 0.25) is 5.91 Å². The molecule has 42 heavy (non-hydrogen) atoms. The van der Waals surface area contributed by atoms with E-state index in [9.17, 15) is 36.7 Å². The van der Waals surface area contributed by atoms with E-state index in [1.54, 1.807) is 0 Å². The van der Waals surface area contributed by atoms with Crippen LogP contribution in [0.15, 0.2) is 23.0 Å². The summed E-state index contributed by atoms with van der Waals surface area (Å²) < 4.78 is 53.0. The Morgan fingerprint density at radius 1 is 1.10 bits per heavy atom. The van der Waals surface area contributed by atoms with Crippen LogP contribution < -0.4 is 10.4 Å². The average Bonchev–Trinajstić information content (AvgIpc) is 2.90. The van der Waals surface area contributed by atoms with E-state index in [0.29, 0.717) is 11.1 Å².